The Kier molecular flexibility index (Phi) is 3.94. The van der Waals surface area contributed by atoms with Gasteiger partial charge in [-0.3, -0.25) is 4.79 Å². The first-order valence-corrected chi connectivity index (χ1v) is 7.11. The number of benzene rings is 1. The zero-order valence-electron chi connectivity index (χ0n) is 11.8. The normalized spacial score (nSPS) is 10.5. The van der Waals surface area contributed by atoms with Crippen LogP contribution in [0.15, 0.2) is 59.0 Å². The van der Waals surface area contributed by atoms with Gasteiger partial charge in [-0.2, -0.15) is 0 Å². The van der Waals surface area contributed by atoms with Gasteiger partial charge in [0, 0.05) is 11.3 Å². The lowest BCUT2D eigenvalue weighted by atomic mass is 10.2. The number of anilines is 1. The Labute approximate surface area is 132 Å². The summed E-state index contributed by atoms with van der Waals surface area (Å²) in [6.07, 6.45) is 0. The van der Waals surface area contributed by atoms with Gasteiger partial charge < -0.3 is 9.73 Å². The van der Waals surface area contributed by atoms with Crippen LogP contribution in [0.2, 0.25) is 5.02 Å². The quantitative estimate of drug-likeness (QED) is 0.771. The smallest absolute Gasteiger partial charge is 0.292 e. The fourth-order valence-corrected chi connectivity index (χ4v) is 2.29. The predicted octanol–water partition coefficient (Wildman–Crippen LogP) is 4.56. The molecule has 2 heterocycles. The predicted molar refractivity (Wildman–Crippen MR) is 86.1 cm³/mol. The first-order valence-electron chi connectivity index (χ1n) is 6.73. The van der Waals surface area contributed by atoms with Crippen molar-refractivity contribution in [2.75, 3.05) is 5.32 Å². The van der Waals surface area contributed by atoms with E-state index >= 15 is 0 Å². The third-order valence-corrected chi connectivity index (χ3v) is 3.43. The average molecular weight is 313 g/mol. The number of carbonyl (C=O) groups excluding carboxylic acids is 1. The van der Waals surface area contributed by atoms with Gasteiger partial charge in [-0.25, -0.2) is 4.98 Å². The Morgan fingerprint density at radius 1 is 1.09 bits per heavy atom. The van der Waals surface area contributed by atoms with Crippen molar-refractivity contribution < 1.29 is 9.21 Å². The Morgan fingerprint density at radius 2 is 1.91 bits per heavy atom. The SMILES string of the molecule is Cc1cccc(NC(=O)c2ccc(-c3ccccc3Cl)o2)n1. The number of rotatable bonds is 3. The van der Waals surface area contributed by atoms with Crippen LogP contribution in [0.4, 0.5) is 5.82 Å². The molecular weight excluding hydrogens is 300 g/mol. The van der Waals surface area contributed by atoms with Crippen LogP contribution in [0.1, 0.15) is 16.2 Å². The minimum absolute atomic E-state index is 0.207. The van der Waals surface area contributed by atoms with E-state index in [1.54, 1.807) is 24.3 Å². The third kappa shape index (κ3) is 3.02. The van der Waals surface area contributed by atoms with E-state index in [0.717, 1.165) is 11.3 Å². The van der Waals surface area contributed by atoms with Gasteiger partial charge >= 0.3 is 0 Å². The number of carbonyl (C=O) groups is 1. The Hall–Kier alpha value is -2.59. The molecule has 0 aliphatic rings. The molecule has 3 aromatic rings. The maximum absolute atomic E-state index is 12.2. The highest BCUT2D eigenvalue weighted by Gasteiger charge is 2.14. The maximum Gasteiger partial charge on any atom is 0.292 e. The number of nitrogens with one attached hydrogen (secondary N) is 1. The fraction of sp³-hybridized carbons (Fsp3) is 0.0588. The topological polar surface area (TPSA) is 55.1 Å². The van der Waals surface area contributed by atoms with E-state index in [1.165, 1.54) is 0 Å². The standard InChI is InChI=1S/C17H13ClN2O2/c1-11-5-4-8-16(19-11)20-17(21)15-10-9-14(22-15)12-6-2-3-7-13(12)18/h2-10H,1H3,(H,19,20,21). The van der Waals surface area contributed by atoms with Gasteiger partial charge in [0.2, 0.25) is 0 Å². The second-order valence-electron chi connectivity index (χ2n) is 4.76. The number of furan rings is 1. The van der Waals surface area contributed by atoms with Crippen molar-refractivity contribution in [2.45, 2.75) is 6.92 Å². The maximum atomic E-state index is 12.2. The lowest BCUT2D eigenvalue weighted by molar-refractivity contribution is 0.0997. The van der Waals surface area contributed by atoms with Crippen LogP contribution < -0.4 is 5.32 Å². The number of hydrogen-bond acceptors (Lipinski definition) is 3. The molecule has 22 heavy (non-hydrogen) atoms. The molecule has 1 amide bonds. The number of aromatic nitrogens is 1. The van der Waals surface area contributed by atoms with Crippen LogP contribution in [-0.4, -0.2) is 10.9 Å². The van der Waals surface area contributed by atoms with Crippen LogP contribution in [0, 0.1) is 6.92 Å². The molecule has 0 radical (unpaired) electrons. The largest absolute Gasteiger partial charge is 0.451 e. The number of amides is 1. The van der Waals surface area contributed by atoms with Gasteiger partial charge in [0.05, 0.1) is 5.02 Å². The number of halogens is 1. The van der Waals surface area contributed by atoms with E-state index in [1.807, 2.05) is 37.3 Å². The zero-order valence-corrected chi connectivity index (χ0v) is 12.6. The fourth-order valence-electron chi connectivity index (χ4n) is 2.06. The summed E-state index contributed by atoms with van der Waals surface area (Å²) < 4.78 is 5.59. The van der Waals surface area contributed by atoms with E-state index in [9.17, 15) is 4.79 Å². The molecular formula is C17H13ClN2O2. The van der Waals surface area contributed by atoms with Crippen molar-refractivity contribution in [3.63, 3.8) is 0 Å². The van der Waals surface area contributed by atoms with Gasteiger partial charge in [-0.05, 0) is 43.3 Å². The van der Waals surface area contributed by atoms with E-state index < -0.39 is 0 Å². The van der Waals surface area contributed by atoms with Gasteiger partial charge in [0.1, 0.15) is 11.6 Å². The van der Waals surface area contributed by atoms with Gasteiger partial charge in [-0.1, -0.05) is 29.8 Å². The van der Waals surface area contributed by atoms with Crippen LogP contribution in [-0.2, 0) is 0 Å². The van der Waals surface area contributed by atoms with Crippen molar-refractivity contribution in [1.82, 2.24) is 4.98 Å². The second-order valence-corrected chi connectivity index (χ2v) is 5.17. The minimum atomic E-state index is -0.351. The first kappa shape index (κ1) is 14.4. The summed E-state index contributed by atoms with van der Waals surface area (Å²) in [6, 6.07) is 16.1. The molecule has 0 atom stereocenters. The molecule has 1 N–H and O–H groups in total. The highest BCUT2D eigenvalue weighted by molar-refractivity contribution is 6.33. The van der Waals surface area contributed by atoms with Crippen LogP contribution in [0.5, 0.6) is 0 Å². The highest BCUT2D eigenvalue weighted by atomic mass is 35.5. The van der Waals surface area contributed by atoms with E-state index in [4.69, 9.17) is 16.0 Å². The van der Waals surface area contributed by atoms with Crippen LogP contribution in [0.25, 0.3) is 11.3 Å². The van der Waals surface area contributed by atoms with Crippen molar-refractivity contribution in [2.24, 2.45) is 0 Å². The Balaban J connectivity index is 1.82. The number of pyridine rings is 1. The molecule has 0 saturated carbocycles. The van der Waals surface area contributed by atoms with Gasteiger partial charge in [0.25, 0.3) is 5.91 Å². The molecule has 0 bridgehead atoms. The van der Waals surface area contributed by atoms with Crippen LogP contribution >= 0.6 is 11.6 Å². The van der Waals surface area contributed by atoms with E-state index in [2.05, 4.69) is 10.3 Å². The number of aryl methyl sites for hydroxylation is 1. The second kappa shape index (κ2) is 6.03. The lowest BCUT2D eigenvalue weighted by Crippen LogP contribution is -2.12. The molecule has 0 fully saturated rings. The van der Waals surface area contributed by atoms with Gasteiger partial charge in [0.15, 0.2) is 5.76 Å². The summed E-state index contributed by atoms with van der Waals surface area (Å²) in [5.74, 6) is 0.892. The highest BCUT2D eigenvalue weighted by Crippen LogP contribution is 2.29. The molecule has 1 aromatic carbocycles. The minimum Gasteiger partial charge on any atom is -0.451 e. The lowest BCUT2D eigenvalue weighted by Gasteiger charge is -2.03. The summed E-state index contributed by atoms with van der Waals surface area (Å²) in [5.41, 5.74) is 1.57. The number of hydrogen-bond donors (Lipinski definition) is 1. The molecule has 110 valence electrons. The summed E-state index contributed by atoms with van der Waals surface area (Å²) in [7, 11) is 0. The first-order chi connectivity index (χ1) is 10.6. The molecule has 0 saturated heterocycles. The summed E-state index contributed by atoms with van der Waals surface area (Å²) in [6.45, 7) is 1.86. The monoisotopic (exact) mass is 312 g/mol. The molecule has 5 heteroatoms. The average Bonchev–Trinajstić information content (AvgIpc) is 2.97. The molecule has 0 unspecified atom stereocenters. The van der Waals surface area contributed by atoms with Crippen molar-refractivity contribution in [1.29, 1.82) is 0 Å². The molecule has 4 nitrogen and oxygen atoms in total. The van der Waals surface area contributed by atoms with Crippen molar-refractivity contribution in [3.05, 3.63) is 71.1 Å². The Bertz CT molecular complexity index is 827. The zero-order chi connectivity index (χ0) is 15.5. The summed E-state index contributed by atoms with van der Waals surface area (Å²) in [4.78, 5) is 16.4. The van der Waals surface area contributed by atoms with Crippen molar-refractivity contribution in [3.8, 4) is 11.3 Å². The molecule has 0 spiro atoms. The van der Waals surface area contributed by atoms with Crippen LogP contribution in [0.3, 0.4) is 0 Å². The Morgan fingerprint density at radius 3 is 2.68 bits per heavy atom. The number of nitrogens with zero attached hydrogens (tertiary/aromatic N) is 1. The molecule has 0 aliphatic carbocycles. The molecule has 3 rings (SSSR count). The van der Waals surface area contributed by atoms with Gasteiger partial charge in [-0.15, -0.1) is 0 Å². The third-order valence-electron chi connectivity index (χ3n) is 3.10. The molecule has 2 aromatic heterocycles. The molecule has 0 aliphatic heterocycles. The summed E-state index contributed by atoms with van der Waals surface area (Å²) >= 11 is 6.12. The van der Waals surface area contributed by atoms with E-state index in [-0.39, 0.29) is 11.7 Å². The summed E-state index contributed by atoms with van der Waals surface area (Å²) in [5, 5.41) is 3.27. The van der Waals surface area contributed by atoms with Crippen molar-refractivity contribution >= 4 is 23.3 Å². The van der Waals surface area contributed by atoms with E-state index in [0.29, 0.717) is 16.6 Å².